The SMILES string of the molecule is O=C([O-])[C@H]1[C@H]2CC[C@H](C2)[C@@H]1C(=O)Nc1ccc(Cl)cc1. The fraction of sp³-hybridized carbons (Fsp3) is 0.467. The zero-order valence-electron chi connectivity index (χ0n) is 10.8. The number of aliphatic carboxylic acids is 1. The third kappa shape index (κ3) is 2.29. The van der Waals surface area contributed by atoms with Crippen LogP contribution in [0.3, 0.4) is 0 Å². The minimum atomic E-state index is -1.09. The molecule has 0 aromatic heterocycles. The normalized spacial score (nSPS) is 31.2. The number of carbonyl (C=O) groups is 2. The number of fused-ring (bicyclic) bond motifs is 2. The van der Waals surface area contributed by atoms with E-state index in [1.807, 2.05) is 0 Å². The van der Waals surface area contributed by atoms with Gasteiger partial charge in [0.25, 0.3) is 0 Å². The van der Waals surface area contributed by atoms with Gasteiger partial charge in [-0.25, -0.2) is 0 Å². The molecule has 0 aliphatic heterocycles. The number of carboxylic acids is 1. The van der Waals surface area contributed by atoms with Crippen LogP contribution in [-0.4, -0.2) is 11.9 Å². The Balaban J connectivity index is 1.76. The maximum absolute atomic E-state index is 12.4. The third-order valence-electron chi connectivity index (χ3n) is 4.60. The average molecular weight is 293 g/mol. The van der Waals surface area contributed by atoms with Gasteiger partial charge in [-0.3, -0.25) is 4.79 Å². The molecule has 1 amide bonds. The lowest BCUT2D eigenvalue weighted by Gasteiger charge is -2.30. The Morgan fingerprint density at radius 1 is 1.10 bits per heavy atom. The van der Waals surface area contributed by atoms with Crippen LogP contribution in [0.15, 0.2) is 24.3 Å². The first-order valence-corrected chi connectivity index (χ1v) is 7.21. The van der Waals surface area contributed by atoms with E-state index in [0.29, 0.717) is 10.7 Å². The summed E-state index contributed by atoms with van der Waals surface area (Å²) in [5.41, 5.74) is 0.638. The van der Waals surface area contributed by atoms with Crippen LogP contribution in [0.4, 0.5) is 5.69 Å². The highest BCUT2D eigenvalue weighted by Crippen LogP contribution is 2.52. The van der Waals surface area contributed by atoms with Crippen molar-refractivity contribution < 1.29 is 14.7 Å². The van der Waals surface area contributed by atoms with Gasteiger partial charge >= 0.3 is 0 Å². The lowest BCUT2D eigenvalue weighted by Crippen LogP contribution is -2.43. The van der Waals surface area contributed by atoms with Crippen LogP contribution in [-0.2, 0) is 9.59 Å². The van der Waals surface area contributed by atoms with Crippen molar-refractivity contribution in [3.05, 3.63) is 29.3 Å². The van der Waals surface area contributed by atoms with Gasteiger partial charge in [-0.1, -0.05) is 11.6 Å². The van der Waals surface area contributed by atoms with Crippen LogP contribution in [0, 0.1) is 23.7 Å². The monoisotopic (exact) mass is 292 g/mol. The quantitative estimate of drug-likeness (QED) is 0.922. The molecule has 0 heterocycles. The molecule has 2 fully saturated rings. The molecule has 2 saturated carbocycles. The summed E-state index contributed by atoms with van der Waals surface area (Å²) in [6.07, 6.45) is 2.67. The zero-order chi connectivity index (χ0) is 14.3. The minimum Gasteiger partial charge on any atom is -0.550 e. The molecule has 2 aliphatic carbocycles. The standard InChI is InChI=1S/C15H16ClNO3/c16-10-3-5-11(6-4-10)17-14(18)12-8-1-2-9(7-8)13(12)15(19)20/h3-6,8-9,12-13H,1-2,7H2,(H,17,18)(H,19,20)/p-1/t8-,9+,12+,13+/m1/s1. The van der Waals surface area contributed by atoms with Crippen LogP contribution in [0.2, 0.25) is 5.02 Å². The number of nitrogens with one attached hydrogen (secondary N) is 1. The Morgan fingerprint density at radius 2 is 1.70 bits per heavy atom. The first-order chi connectivity index (χ1) is 9.56. The van der Waals surface area contributed by atoms with E-state index in [1.54, 1.807) is 24.3 Å². The molecule has 3 rings (SSSR count). The van der Waals surface area contributed by atoms with Crippen molar-refractivity contribution in [2.75, 3.05) is 5.32 Å². The molecule has 0 saturated heterocycles. The van der Waals surface area contributed by atoms with Crippen LogP contribution in [0.5, 0.6) is 0 Å². The third-order valence-corrected chi connectivity index (χ3v) is 4.86. The van der Waals surface area contributed by atoms with E-state index in [-0.39, 0.29) is 17.7 Å². The largest absolute Gasteiger partial charge is 0.550 e. The van der Waals surface area contributed by atoms with Crippen molar-refractivity contribution in [1.29, 1.82) is 0 Å². The van der Waals surface area contributed by atoms with Crippen LogP contribution < -0.4 is 10.4 Å². The van der Waals surface area contributed by atoms with Gasteiger partial charge in [0.05, 0.1) is 0 Å². The van der Waals surface area contributed by atoms with Crippen molar-refractivity contribution in [3.63, 3.8) is 0 Å². The Bertz CT molecular complexity index is 543. The number of anilines is 1. The van der Waals surface area contributed by atoms with E-state index in [4.69, 9.17) is 11.6 Å². The predicted octanol–water partition coefficient (Wildman–Crippen LogP) is 1.69. The number of carboxylic acid groups (broad SMARTS) is 1. The molecule has 2 bridgehead atoms. The second-order valence-corrected chi connectivity index (χ2v) is 6.14. The number of hydrogen-bond acceptors (Lipinski definition) is 3. The second-order valence-electron chi connectivity index (χ2n) is 5.70. The summed E-state index contributed by atoms with van der Waals surface area (Å²) >= 11 is 5.79. The molecule has 1 N–H and O–H groups in total. The molecule has 0 spiro atoms. The fourth-order valence-electron chi connectivity index (χ4n) is 3.77. The lowest BCUT2D eigenvalue weighted by atomic mass is 9.78. The second kappa shape index (κ2) is 5.09. The predicted molar refractivity (Wildman–Crippen MR) is 72.9 cm³/mol. The van der Waals surface area contributed by atoms with E-state index >= 15 is 0 Å². The van der Waals surface area contributed by atoms with E-state index < -0.39 is 17.8 Å². The Labute approximate surface area is 122 Å². The van der Waals surface area contributed by atoms with Crippen LogP contribution >= 0.6 is 11.6 Å². The Hall–Kier alpha value is -1.55. The molecule has 4 atom stereocenters. The highest BCUT2D eigenvalue weighted by molar-refractivity contribution is 6.30. The highest BCUT2D eigenvalue weighted by Gasteiger charge is 2.51. The summed E-state index contributed by atoms with van der Waals surface area (Å²) < 4.78 is 0. The van der Waals surface area contributed by atoms with E-state index in [1.165, 1.54) is 0 Å². The Kier molecular flexibility index (Phi) is 3.42. The van der Waals surface area contributed by atoms with Crippen molar-refractivity contribution in [3.8, 4) is 0 Å². The summed E-state index contributed by atoms with van der Waals surface area (Å²) in [5, 5.41) is 14.7. The smallest absolute Gasteiger partial charge is 0.228 e. The number of amides is 1. The van der Waals surface area contributed by atoms with Gasteiger partial charge in [-0.2, -0.15) is 0 Å². The van der Waals surface area contributed by atoms with E-state index in [9.17, 15) is 14.7 Å². The average Bonchev–Trinajstić information content (AvgIpc) is 3.01. The van der Waals surface area contributed by atoms with Crippen molar-refractivity contribution in [2.45, 2.75) is 19.3 Å². The summed E-state index contributed by atoms with van der Waals surface area (Å²) in [5.74, 6) is -2.13. The van der Waals surface area contributed by atoms with Gasteiger partial charge in [0.2, 0.25) is 5.91 Å². The number of hydrogen-bond donors (Lipinski definition) is 1. The molecular formula is C15H15ClNO3-. The Morgan fingerprint density at radius 3 is 2.30 bits per heavy atom. The van der Waals surface area contributed by atoms with Crippen molar-refractivity contribution in [2.24, 2.45) is 23.7 Å². The molecule has 0 unspecified atom stereocenters. The molecule has 1 aromatic carbocycles. The topological polar surface area (TPSA) is 69.2 Å². The molecule has 1 aromatic rings. The lowest BCUT2D eigenvalue weighted by molar-refractivity contribution is -0.314. The summed E-state index contributed by atoms with van der Waals surface area (Å²) in [7, 11) is 0. The van der Waals surface area contributed by atoms with Gasteiger partial charge in [-0.15, -0.1) is 0 Å². The molecule has 20 heavy (non-hydrogen) atoms. The van der Waals surface area contributed by atoms with Gasteiger partial charge < -0.3 is 15.2 Å². The van der Waals surface area contributed by atoms with Gasteiger partial charge in [0.15, 0.2) is 0 Å². The number of rotatable bonds is 3. The fourth-order valence-corrected chi connectivity index (χ4v) is 3.89. The summed E-state index contributed by atoms with van der Waals surface area (Å²) in [6.45, 7) is 0. The van der Waals surface area contributed by atoms with Crippen LogP contribution in [0.25, 0.3) is 0 Å². The number of benzene rings is 1. The summed E-state index contributed by atoms with van der Waals surface area (Å²) in [4.78, 5) is 23.7. The number of carbonyl (C=O) groups excluding carboxylic acids is 2. The van der Waals surface area contributed by atoms with E-state index in [2.05, 4.69) is 5.32 Å². The maximum atomic E-state index is 12.4. The molecule has 106 valence electrons. The van der Waals surface area contributed by atoms with Gasteiger partial charge in [-0.05, 0) is 55.4 Å². The molecule has 4 nitrogen and oxygen atoms in total. The van der Waals surface area contributed by atoms with Gasteiger partial charge in [0.1, 0.15) is 0 Å². The van der Waals surface area contributed by atoms with Crippen molar-refractivity contribution >= 4 is 29.2 Å². The zero-order valence-corrected chi connectivity index (χ0v) is 11.6. The van der Waals surface area contributed by atoms with Crippen molar-refractivity contribution in [1.82, 2.24) is 0 Å². The summed E-state index contributed by atoms with van der Waals surface area (Å²) in [6, 6.07) is 6.80. The molecule has 5 heteroatoms. The molecular weight excluding hydrogens is 278 g/mol. The van der Waals surface area contributed by atoms with E-state index in [0.717, 1.165) is 19.3 Å². The molecule has 0 radical (unpaired) electrons. The first-order valence-electron chi connectivity index (χ1n) is 6.83. The first kappa shape index (κ1) is 13.4. The minimum absolute atomic E-state index is 0.103. The van der Waals surface area contributed by atoms with Crippen LogP contribution in [0.1, 0.15) is 19.3 Å². The highest BCUT2D eigenvalue weighted by atomic mass is 35.5. The molecule has 2 aliphatic rings. The van der Waals surface area contributed by atoms with Gasteiger partial charge in [0, 0.05) is 28.5 Å². The number of halogens is 1. The maximum Gasteiger partial charge on any atom is 0.228 e.